The van der Waals surface area contributed by atoms with Gasteiger partial charge < -0.3 is 5.11 Å². The van der Waals surface area contributed by atoms with Crippen molar-refractivity contribution < 1.29 is 5.11 Å². The van der Waals surface area contributed by atoms with Crippen LogP contribution < -0.4 is 0 Å². The number of halogens is 2. The monoisotopic (exact) mass is 325 g/mol. The van der Waals surface area contributed by atoms with Crippen molar-refractivity contribution in [3.8, 4) is 5.75 Å². The summed E-state index contributed by atoms with van der Waals surface area (Å²) in [5, 5.41) is 17.9. The van der Waals surface area contributed by atoms with Crippen LogP contribution in [0.15, 0.2) is 24.4 Å². The molecule has 2 N–H and O–H groups in total. The molecule has 0 aliphatic carbocycles. The number of piperidine rings is 1. The molecule has 1 aromatic heterocycles. The Hall–Kier alpha value is -1.23. The van der Waals surface area contributed by atoms with Gasteiger partial charge in [0.1, 0.15) is 5.75 Å². The van der Waals surface area contributed by atoms with Gasteiger partial charge in [-0.15, -0.1) is 0 Å². The van der Waals surface area contributed by atoms with Crippen molar-refractivity contribution in [3.63, 3.8) is 0 Å². The van der Waals surface area contributed by atoms with E-state index in [2.05, 4.69) is 15.1 Å². The molecular weight excluding hydrogens is 309 g/mol. The Bertz CT molecular complexity index is 608. The molecule has 112 valence electrons. The molecule has 0 unspecified atom stereocenters. The average Bonchev–Trinajstić information content (AvgIpc) is 3.00. The molecule has 0 spiro atoms. The Balaban J connectivity index is 1.62. The van der Waals surface area contributed by atoms with Crippen LogP contribution in [0.5, 0.6) is 5.75 Å². The van der Waals surface area contributed by atoms with Gasteiger partial charge in [0.2, 0.25) is 0 Å². The molecule has 1 aliphatic heterocycles. The molecule has 1 aromatic carbocycles. The SMILES string of the molecule is Oc1cc(Cl)c(Cl)cc1CN1CCC(c2ccn[nH]2)CC1. The van der Waals surface area contributed by atoms with Crippen molar-refractivity contribution in [2.45, 2.75) is 25.3 Å². The minimum Gasteiger partial charge on any atom is -0.508 e. The standard InChI is InChI=1S/C15H17Cl2N3O/c16-12-7-11(15(21)8-13(12)17)9-20-5-2-10(3-6-20)14-1-4-18-19-14/h1,4,7-8,10,21H,2-3,5-6,9H2,(H,18,19). The van der Waals surface area contributed by atoms with E-state index in [1.54, 1.807) is 12.3 Å². The lowest BCUT2D eigenvalue weighted by Gasteiger charge is -2.31. The van der Waals surface area contributed by atoms with Gasteiger partial charge in [0.15, 0.2) is 0 Å². The number of phenols is 1. The second kappa shape index (κ2) is 6.26. The highest BCUT2D eigenvalue weighted by Crippen LogP contribution is 2.32. The van der Waals surface area contributed by atoms with Gasteiger partial charge >= 0.3 is 0 Å². The second-order valence-electron chi connectivity index (χ2n) is 5.46. The van der Waals surface area contributed by atoms with Crippen molar-refractivity contribution in [1.82, 2.24) is 15.1 Å². The van der Waals surface area contributed by atoms with Crippen LogP contribution in [0.25, 0.3) is 0 Å². The lowest BCUT2D eigenvalue weighted by atomic mass is 9.93. The molecule has 0 amide bonds. The Morgan fingerprint density at radius 1 is 1.24 bits per heavy atom. The maximum atomic E-state index is 9.97. The Morgan fingerprint density at radius 3 is 2.62 bits per heavy atom. The van der Waals surface area contributed by atoms with Gasteiger partial charge in [-0.25, -0.2) is 0 Å². The molecule has 0 radical (unpaired) electrons. The fraction of sp³-hybridized carbons (Fsp3) is 0.400. The number of hydrogen-bond donors (Lipinski definition) is 2. The number of likely N-dealkylation sites (tertiary alicyclic amines) is 1. The number of benzene rings is 1. The highest BCUT2D eigenvalue weighted by molar-refractivity contribution is 6.42. The molecule has 1 fully saturated rings. The van der Waals surface area contributed by atoms with E-state index in [-0.39, 0.29) is 5.75 Å². The van der Waals surface area contributed by atoms with Crippen molar-refractivity contribution in [2.75, 3.05) is 13.1 Å². The normalized spacial score (nSPS) is 17.2. The first-order valence-corrected chi connectivity index (χ1v) is 7.77. The molecule has 1 aliphatic rings. The molecule has 0 bridgehead atoms. The summed E-state index contributed by atoms with van der Waals surface area (Å²) in [4.78, 5) is 2.33. The van der Waals surface area contributed by atoms with Gasteiger partial charge in [-0.3, -0.25) is 10.00 Å². The van der Waals surface area contributed by atoms with E-state index >= 15 is 0 Å². The van der Waals surface area contributed by atoms with Crippen molar-refractivity contribution in [2.24, 2.45) is 0 Å². The number of rotatable bonds is 3. The van der Waals surface area contributed by atoms with Crippen LogP contribution in [-0.4, -0.2) is 33.3 Å². The predicted molar refractivity (Wildman–Crippen MR) is 84.0 cm³/mol. The number of aromatic amines is 1. The first kappa shape index (κ1) is 14.7. The van der Waals surface area contributed by atoms with Crippen LogP contribution in [-0.2, 0) is 6.54 Å². The Morgan fingerprint density at radius 2 is 1.95 bits per heavy atom. The minimum absolute atomic E-state index is 0.208. The lowest BCUT2D eigenvalue weighted by molar-refractivity contribution is 0.201. The highest BCUT2D eigenvalue weighted by atomic mass is 35.5. The zero-order valence-electron chi connectivity index (χ0n) is 11.5. The Labute approximate surface area is 133 Å². The third-order valence-corrected chi connectivity index (χ3v) is 4.79. The van der Waals surface area contributed by atoms with Crippen LogP contribution in [0.4, 0.5) is 0 Å². The van der Waals surface area contributed by atoms with Gasteiger partial charge in [-0.2, -0.15) is 5.10 Å². The maximum Gasteiger partial charge on any atom is 0.121 e. The fourth-order valence-corrected chi connectivity index (χ4v) is 3.19. The van der Waals surface area contributed by atoms with Gasteiger partial charge in [0.05, 0.1) is 10.0 Å². The van der Waals surface area contributed by atoms with E-state index < -0.39 is 0 Å². The van der Waals surface area contributed by atoms with E-state index in [1.807, 2.05) is 6.07 Å². The van der Waals surface area contributed by atoms with E-state index in [1.165, 1.54) is 11.8 Å². The molecule has 0 saturated carbocycles. The zero-order valence-corrected chi connectivity index (χ0v) is 13.0. The summed E-state index contributed by atoms with van der Waals surface area (Å²) in [6.45, 7) is 2.67. The molecule has 1 saturated heterocycles. The van der Waals surface area contributed by atoms with E-state index in [0.717, 1.165) is 31.5 Å². The minimum atomic E-state index is 0.208. The average molecular weight is 326 g/mol. The molecule has 4 nitrogen and oxygen atoms in total. The van der Waals surface area contributed by atoms with Crippen LogP contribution >= 0.6 is 23.2 Å². The summed E-state index contributed by atoms with van der Waals surface area (Å²) in [6.07, 6.45) is 3.98. The zero-order chi connectivity index (χ0) is 14.8. The van der Waals surface area contributed by atoms with Crippen molar-refractivity contribution >= 4 is 23.2 Å². The van der Waals surface area contributed by atoms with Crippen molar-refractivity contribution in [3.05, 3.63) is 45.7 Å². The molecule has 21 heavy (non-hydrogen) atoms. The summed E-state index contributed by atoms with van der Waals surface area (Å²) in [5.41, 5.74) is 2.04. The quantitative estimate of drug-likeness (QED) is 0.902. The van der Waals surface area contributed by atoms with Gasteiger partial charge in [-0.05, 0) is 38.1 Å². The number of phenolic OH excluding ortho intramolecular Hbond substituents is 1. The molecule has 2 aromatic rings. The second-order valence-corrected chi connectivity index (χ2v) is 6.27. The number of nitrogens with zero attached hydrogens (tertiary/aromatic N) is 2. The predicted octanol–water partition coefficient (Wildman–Crippen LogP) is 3.80. The van der Waals surface area contributed by atoms with Crippen LogP contribution in [0, 0.1) is 0 Å². The van der Waals surface area contributed by atoms with Crippen LogP contribution in [0.2, 0.25) is 10.0 Å². The highest BCUT2D eigenvalue weighted by Gasteiger charge is 2.22. The number of aromatic nitrogens is 2. The lowest BCUT2D eigenvalue weighted by Crippen LogP contribution is -2.32. The number of H-pyrrole nitrogens is 1. The summed E-state index contributed by atoms with van der Waals surface area (Å²) in [6, 6.07) is 5.31. The van der Waals surface area contributed by atoms with E-state index in [4.69, 9.17) is 23.2 Å². The topological polar surface area (TPSA) is 52.1 Å². The van der Waals surface area contributed by atoms with Crippen LogP contribution in [0.1, 0.15) is 30.0 Å². The molecule has 0 atom stereocenters. The number of hydrogen-bond acceptors (Lipinski definition) is 3. The smallest absolute Gasteiger partial charge is 0.121 e. The summed E-state index contributed by atoms with van der Waals surface area (Å²) >= 11 is 11.9. The summed E-state index contributed by atoms with van der Waals surface area (Å²) in [5.74, 6) is 0.756. The first-order valence-electron chi connectivity index (χ1n) is 7.02. The molecule has 2 heterocycles. The van der Waals surface area contributed by atoms with E-state index in [0.29, 0.717) is 22.5 Å². The molecule has 6 heteroatoms. The first-order chi connectivity index (χ1) is 10.1. The molecular formula is C15H17Cl2N3O. The molecule has 3 rings (SSSR count). The Kier molecular flexibility index (Phi) is 4.38. The van der Waals surface area contributed by atoms with Gasteiger partial charge in [0.25, 0.3) is 0 Å². The summed E-state index contributed by atoms with van der Waals surface area (Å²) in [7, 11) is 0. The van der Waals surface area contributed by atoms with Crippen LogP contribution in [0.3, 0.4) is 0 Å². The third-order valence-electron chi connectivity index (χ3n) is 4.07. The fourth-order valence-electron chi connectivity index (χ4n) is 2.84. The maximum absolute atomic E-state index is 9.97. The third kappa shape index (κ3) is 3.34. The number of aromatic hydroxyl groups is 1. The summed E-state index contributed by atoms with van der Waals surface area (Å²) < 4.78 is 0. The van der Waals surface area contributed by atoms with Gasteiger partial charge in [-0.1, -0.05) is 23.2 Å². The largest absolute Gasteiger partial charge is 0.508 e. The number of nitrogens with one attached hydrogen (secondary N) is 1. The van der Waals surface area contributed by atoms with Crippen molar-refractivity contribution in [1.29, 1.82) is 0 Å². The van der Waals surface area contributed by atoms with Gasteiger partial charge in [0, 0.05) is 36.0 Å². The van der Waals surface area contributed by atoms with E-state index in [9.17, 15) is 5.11 Å².